The van der Waals surface area contributed by atoms with Gasteiger partial charge in [-0.3, -0.25) is 9.48 Å². The number of aromatic nitrogens is 7. The average Bonchev–Trinajstić information content (AvgIpc) is 3.63. The summed E-state index contributed by atoms with van der Waals surface area (Å²) in [5.41, 5.74) is 2.53. The first-order valence-corrected chi connectivity index (χ1v) is 12.5. The number of carbonyl (C=O) groups excluding carboxylic acids is 1. The summed E-state index contributed by atoms with van der Waals surface area (Å²) in [4.78, 5) is 24.4. The molecule has 3 atom stereocenters. The molecule has 4 aromatic heterocycles. The molecule has 1 N–H and O–H groups in total. The highest BCUT2D eigenvalue weighted by atomic mass is 16.5. The molecular weight excluding hydrogens is 458 g/mol. The van der Waals surface area contributed by atoms with Gasteiger partial charge in [0.25, 0.3) is 11.7 Å². The molecule has 188 valence electrons. The predicted octanol–water partition coefficient (Wildman–Crippen LogP) is 2.70. The summed E-state index contributed by atoms with van der Waals surface area (Å²) >= 11 is 0. The molecule has 6 rings (SSSR count). The van der Waals surface area contributed by atoms with Gasteiger partial charge in [0.2, 0.25) is 5.89 Å². The molecule has 2 fully saturated rings. The Bertz CT molecular complexity index is 1400. The SMILES string of the molecule is Cn1cc(-c2cn3nccc3c(N3C[C@H]4CC[C@@H](C3)C4CNC(=O)c3noc(C(C)(C)C)n3)n2)cn1. The second-order valence-electron chi connectivity index (χ2n) is 11.1. The van der Waals surface area contributed by atoms with E-state index in [1.807, 2.05) is 63.2 Å². The van der Waals surface area contributed by atoms with E-state index in [0.29, 0.717) is 30.2 Å². The number of nitrogens with zero attached hydrogens (tertiary/aromatic N) is 8. The van der Waals surface area contributed by atoms with Crippen molar-refractivity contribution in [3.8, 4) is 11.3 Å². The van der Waals surface area contributed by atoms with Crippen LogP contribution in [0.5, 0.6) is 0 Å². The maximum Gasteiger partial charge on any atom is 0.292 e. The summed E-state index contributed by atoms with van der Waals surface area (Å²) in [6.07, 6.45) is 9.86. The third-order valence-electron chi connectivity index (χ3n) is 7.47. The zero-order valence-corrected chi connectivity index (χ0v) is 21.0. The third kappa shape index (κ3) is 4.02. The van der Waals surface area contributed by atoms with Gasteiger partial charge in [-0.15, -0.1) is 0 Å². The van der Waals surface area contributed by atoms with Crippen LogP contribution in [0.25, 0.3) is 16.8 Å². The van der Waals surface area contributed by atoms with Crippen molar-refractivity contribution < 1.29 is 9.32 Å². The number of rotatable bonds is 5. The van der Waals surface area contributed by atoms with Crippen LogP contribution >= 0.6 is 0 Å². The van der Waals surface area contributed by atoms with E-state index in [9.17, 15) is 4.79 Å². The molecular formula is C25H31N9O2. The predicted molar refractivity (Wildman–Crippen MR) is 132 cm³/mol. The lowest BCUT2D eigenvalue weighted by atomic mass is 9.85. The fourth-order valence-corrected chi connectivity index (χ4v) is 5.59. The number of piperidine rings is 1. The Labute approximate surface area is 208 Å². The number of hydrogen-bond acceptors (Lipinski definition) is 8. The van der Waals surface area contributed by atoms with Crippen LogP contribution in [0, 0.1) is 17.8 Å². The molecule has 2 bridgehead atoms. The smallest absolute Gasteiger partial charge is 0.292 e. The van der Waals surface area contributed by atoms with E-state index < -0.39 is 0 Å². The number of carbonyl (C=O) groups is 1. The molecule has 0 aromatic carbocycles. The van der Waals surface area contributed by atoms with Gasteiger partial charge in [-0.1, -0.05) is 25.9 Å². The van der Waals surface area contributed by atoms with Crippen LogP contribution in [-0.4, -0.2) is 60.1 Å². The Morgan fingerprint density at radius 2 is 1.92 bits per heavy atom. The first-order valence-electron chi connectivity index (χ1n) is 12.5. The zero-order chi connectivity index (χ0) is 25.0. The second kappa shape index (κ2) is 8.42. The van der Waals surface area contributed by atoms with E-state index in [1.54, 1.807) is 4.68 Å². The average molecular weight is 490 g/mol. The second-order valence-corrected chi connectivity index (χ2v) is 11.1. The Hall–Kier alpha value is -3.76. The lowest BCUT2D eigenvalue weighted by molar-refractivity contribution is 0.0923. The number of hydrogen-bond donors (Lipinski definition) is 1. The number of nitrogens with one attached hydrogen (secondary N) is 1. The minimum absolute atomic E-state index is 0.101. The van der Waals surface area contributed by atoms with Crippen LogP contribution in [0.3, 0.4) is 0 Å². The number of amides is 1. The maximum absolute atomic E-state index is 12.7. The van der Waals surface area contributed by atoms with Gasteiger partial charge in [-0.2, -0.15) is 15.2 Å². The van der Waals surface area contributed by atoms with Crippen LogP contribution < -0.4 is 10.2 Å². The van der Waals surface area contributed by atoms with E-state index in [0.717, 1.165) is 48.5 Å². The van der Waals surface area contributed by atoms with Crippen molar-refractivity contribution in [3.05, 3.63) is 42.6 Å². The summed E-state index contributed by atoms with van der Waals surface area (Å²) in [5, 5.41) is 15.7. The molecule has 1 saturated heterocycles. The normalized spacial score (nSPS) is 21.9. The molecule has 36 heavy (non-hydrogen) atoms. The van der Waals surface area contributed by atoms with Gasteiger partial charge in [0.15, 0.2) is 5.82 Å². The highest BCUT2D eigenvalue weighted by molar-refractivity contribution is 5.90. The Balaban J connectivity index is 1.18. The topological polar surface area (TPSA) is 119 Å². The molecule has 1 unspecified atom stereocenters. The summed E-state index contributed by atoms with van der Waals surface area (Å²) in [7, 11) is 1.90. The van der Waals surface area contributed by atoms with Crippen molar-refractivity contribution in [2.75, 3.05) is 24.5 Å². The summed E-state index contributed by atoms with van der Waals surface area (Å²) in [6, 6.07) is 2.01. The van der Waals surface area contributed by atoms with Crippen LogP contribution in [0.15, 0.2) is 35.4 Å². The van der Waals surface area contributed by atoms with Crippen molar-refractivity contribution in [1.82, 2.24) is 39.8 Å². The molecule has 5 heterocycles. The van der Waals surface area contributed by atoms with Crippen LogP contribution in [0.4, 0.5) is 5.82 Å². The maximum atomic E-state index is 12.7. The van der Waals surface area contributed by atoms with Crippen molar-refractivity contribution in [1.29, 1.82) is 0 Å². The summed E-state index contributed by atoms with van der Waals surface area (Å²) < 4.78 is 8.96. The first-order chi connectivity index (χ1) is 17.3. The standard InChI is InChI=1S/C25H31N9O2/c1-25(2,3)24-30-21(31-36-24)23(35)26-10-18-15-5-6-16(18)13-33(12-15)22-20-7-8-27-34(20)14-19(29-22)17-9-28-32(4)11-17/h7-9,11,14-16,18H,5-6,10,12-13H2,1-4H3,(H,26,35)/t15-,16+,18?. The minimum atomic E-state index is -0.291. The largest absolute Gasteiger partial charge is 0.354 e. The van der Waals surface area contributed by atoms with Crippen molar-refractivity contribution in [3.63, 3.8) is 0 Å². The molecule has 1 saturated carbocycles. The van der Waals surface area contributed by atoms with E-state index in [4.69, 9.17) is 9.51 Å². The summed E-state index contributed by atoms with van der Waals surface area (Å²) in [6.45, 7) is 8.36. The van der Waals surface area contributed by atoms with Crippen LogP contribution in [0.2, 0.25) is 0 Å². The van der Waals surface area contributed by atoms with Gasteiger partial charge >= 0.3 is 0 Å². The van der Waals surface area contributed by atoms with E-state index >= 15 is 0 Å². The minimum Gasteiger partial charge on any atom is -0.354 e. The molecule has 2 aliphatic rings. The van der Waals surface area contributed by atoms with Gasteiger partial charge in [0.05, 0.1) is 24.3 Å². The van der Waals surface area contributed by atoms with Gasteiger partial charge in [-0.05, 0) is 36.7 Å². The van der Waals surface area contributed by atoms with Crippen molar-refractivity contribution in [2.24, 2.45) is 24.8 Å². The Morgan fingerprint density at radius 3 is 2.58 bits per heavy atom. The lowest BCUT2D eigenvalue weighted by Crippen LogP contribution is -2.46. The van der Waals surface area contributed by atoms with E-state index in [1.165, 1.54) is 0 Å². The van der Waals surface area contributed by atoms with Crippen molar-refractivity contribution in [2.45, 2.75) is 39.0 Å². The number of fused-ring (bicyclic) bond motifs is 3. The van der Waals surface area contributed by atoms with E-state index in [-0.39, 0.29) is 17.1 Å². The molecule has 11 heteroatoms. The summed E-state index contributed by atoms with van der Waals surface area (Å²) in [5.74, 6) is 2.62. The van der Waals surface area contributed by atoms with Gasteiger partial charge in [0, 0.05) is 43.9 Å². The fraction of sp³-hybridized carbons (Fsp3) is 0.520. The highest BCUT2D eigenvalue weighted by Crippen LogP contribution is 2.43. The van der Waals surface area contributed by atoms with Gasteiger partial charge in [0.1, 0.15) is 5.52 Å². The molecule has 11 nitrogen and oxygen atoms in total. The first kappa shape index (κ1) is 22.7. The van der Waals surface area contributed by atoms with Crippen LogP contribution in [-0.2, 0) is 12.5 Å². The third-order valence-corrected chi connectivity index (χ3v) is 7.47. The molecule has 4 aromatic rings. The highest BCUT2D eigenvalue weighted by Gasteiger charge is 2.43. The number of aryl methyl sites for hydroxylation is 1. The van der Waals surface area contributed by atoms with Crippen molar-refractivity contribution >= 4 is 17.2 Å². The van der Waals surface area contributed by atoms with E-state index in [2.05, 4.69) is 30.6 Å². The molecule has 1 aliphatic heterocycles. The van der Waals surface area contributed by atoms with Gasteiger partial charge < -0.3 is 14.7 Å². The molecule has 0 spiro atoms. The number of anilines is 1. The molecule has 1 amide bonds. The fourth-order valence-electron chi connectivity index (χ4n) is 5.59. The lowest BCUT2D eigenvalue weighted by Gasteiger charge is -2.39. The monoisotopic (exact) mass is 489 g/mol. The quantitative estimate of drug-likeness (QED) is 0.454. The Morgan fingerprint density at radius 1 is 1.14 bits per heavy atom. The molecule has 1 aliphatic carbocycles. The Kier molecular flexibility index (Phi) is 5.31. The zero-order valence-electron chi connectivity index (χ0n) is 21.0. The van der Waals surface area contributed by atoms with Gasteiger partial charge in [-0.25, -0.2) is 9.50 Å². The molecule has 0 radical (unpaired) electrons. The van der Waals surface area contributed by atoms with Crippen LogP contribution in [0.1, 0.15) is 50.1 Å².